The van der Waals surface area contributed by atoms with Crippen LogP contribution in [-0.4, -0.2) is 50.5 Å². The zero-order valence-corrected chi connectivity index (χ0v) is 20.4. The quantitative estimate of drug-likeness (QED) is 0.500. The van der Waals surface area contributed by atoms with E-state index < -0.39 is 17.5 Å². The molecular formula is C26H33FN4O3. The van der Waals surface area contributed by atoms with Crippen molar-refractivity contribution in [2.75, 3.05) is 18.5 Å². The van der Waals surface area contributed by atoms with Crippen LogP contribution in [0.1, 0.15) is 50.8 Å². The number of nitrogens with one attached hydrogen (secondary N) is 1. The predicted octanol–water partition coefficient (Wildman–Crippen LogP) is 4.13. The van der Waals surface area contributed by atoms with Crippen molar-refractivity contribution in [3.8, 4) is 11.3 Å². The molecule has 1 saturated heterocycles. The molecule has 1 aromatic carbocycles. The summed E-state index contributed by atoms with van der Waals surface area (Å²) in [5.41, 5.74) is 3.20. The third kappa shape index (κ3) is 4.89. The summed E-state index contributed by atoms with van der Waals surface area (Å²) in [7, 11) is 0. The van der Waals surface area contributed by atoms with E-state index in [1.165, 1.54) is 0 Å². The Labute approximate surface area is 199 Å². The molecule has 3 aromatic rings. The highest BCUT2D eigenvalue weighted by Gasteiger charge is 2.26. The Kier molecular flexibility index (Phi) is 6.85. The first-order valence-electron chi connectivity index (χ1n) is 11.8. The van der Waals surface area contributed by atoms with Crippen LogP contribution in [0.4, 0.5) is 10.3 Å². The zero-order chi connectivity index (χ0) is 24.6. The number of halogens is 1. The van der Waals surface area contributed by atoms with Gasteiger partial charge >= 0.3 is 0 Å². The van der Waals surface area contributed by atoms with Crippen LogP contribution in [0.25, 0.3) is 22.2 Å². The number of aromatic nitrogens is 3. The molecule has 3 heterocycles. The summed E-state index contributed by atoms with van der Waals surface area (Å²) in [6, 6.07) is 3.43. The molecule has 7 nitrogen and oxygen atoms in total. The molecule has 0 spiro atoms. The maximum atomic E-state index is 15.0. The third-order valence-electron chi connectivity index (χ3n) is 6.31. The standard InChI is InChI=1S/C26H33FN4O3/c1-14(2)10-17-18(26(4,5)33)11-28-21-7-6-16(15(3)23(17)21)24-19(27)12-29-25(31-24)30-20-8-9-34-13-22(20)32/h6-7,11-12,14,20,22,32-33H,8-10,13H2,1-5H3,(H,29,30,31)/t20-,22-/m1/s1. The minimum absolute atomic E-state index is 0.183. The van der Waals surface area contributed by atoms with E-state index in [0.29, 0.717) is 24.5 Å². The second-order valence-corrected chi connectivity index (χ2v) is 10.0. The summed E-state index contributed by atoms with van der Waals surface area (Å²) in [4.78, 5) is 13.2. The van der Waals surface area contributed by atoms with Gasteiger partial charge in [-0.2, -0.15) is 0 Å². The number of benzene rings is 1. The molecule has 0 amide bonds. The first-order chi connectivity index (χ1) is 16.1. The second kappa shape index (κ2) is 9.52. The number of pyridine rings is 1. The normalized spacial score (nSPS) is 19.1. The number of rotatable bonds is 6. The average molecular weight is 469 g/mol. The van der Waals surface area contributed by atoms with E-state index in [1.54, 1.807) is 20.0 Å². The van der Waals surface area contributed by atoms with Gasteiger partial charge in [0.15, 0.2) is 5.82 Å². The molecule has 0 saturated carbocycles. The van der Waals surface area contributed by atoms with Crippen LogP contribution in [0.5, 0.6) is 0 Å². The van der Waals surface area contributed by atoms with Gasteiger partial charge in [-0.05, 0) is 56.7 Å². The lowest BCUT2D eigenvalue weighted by Crippen LogP contribution is -2.42. The zero-order valence-electron chi connectivity index (χ0n) is 20.4. The van der Waals surface area contributed by atoms with Crippen LogP contribution >= 0.6 is 0 Å². The van der Waals surface area contributed by atoms with Gasteiger partial charge in [-0.25, -0.2) is 14.4 Å². The molecular weight excluding hydrogens is 435 g/mol. The Balaban J connectivity index is 1.84. The van der Waals surface area contributed by atoms with E-state index in [-0.39, 0.29) is 24.3 Å². The third-order valence-corrected chi connectivity index (χ3v) is 6.31. The molecule has 182 valence electrons. The van der Waals surface area contributed by atoms with Crippen LogP contribution in [0.3, 0.4) is 0 Å². The van der Waals surface area contributed by atoms with Crippen molar-refractivity contribution in [2.45, 2.75) is 65.2 Å². The molecule has 2 aromatic heterocycles. The van der Waals surface area contributed by atoms with Gasteiger partial charge in [0, 0.05) is 29.3 Å². The maximum absolute atomic E-state index is 15.0. The van der Waals surface area contributed by atoms with E-state index in [2.05, 4.69) is 34.1 Å². The molecule has 0 radical (unpaired) electrons. The van der Waals surface area contributed by atoms with Gasteiger partial charge in [0.05, 0.1) is 36.1 Å². The predicted molar refractivity (Wildman–Crippen MR) is 130 cm³/mol. The smallest absolute Gasteiger partial charge is 0.223 e. The van der Waals surface area contributed by atoms with Crippen LogP contribution in [0, 0.1) is 18.7 Å². The van der Waals surface area contributed by atoms with Crippen molar-refractivity contribution in [3.05, 3.63) is 47.0 Å². The van der Waals surface area contributed by atoms with E-state index in [4.69, 9.17) is 4.74 Å². The molecule has 0 unspecified atom stereocenters. The first-order valence-corrected chi connectivity index (χ1v) is 11.8. The topological polar surface area (TPSA) is 100 Å². The Bertz CT molecular complexity index is 1190. The fraction of sp³-hybridized carbons (Fsp3) is 0.500. The lowest BCUT2D eigenvalue weighted by atomic mass is 9.85. The lowest BCUT2D eigenvalue weighted by Gasteiger charge is -2.28. The van der Waals surface area contributed by atoms with Gasteiger partial charge in [0.2, 0.25) is 5.95 Å². The maximum Gasteiger partial charge on any atom is 0.223 e. The molecule has 2 atom stereocenters. The van der Waals surface area contributed by atoms with Gasteiger partial charge in [0.25, 0.3) is 0 Å². The number of aryl methyl sites for hydroxylation is 1. The molecule has 8 heteroatoms. The number of hydrogen-bond acceptors (Lipinski definition) is 7. The molecule has 3 N–H and O–H groups in total. The van der Waals surface area contributed by atoms with Gasteiger partial charge in [-0.1, -0.05) is 19.9 Å². The minimum atomic E-state index is -1.06. The van der Waals surface area contributed by atoms with Crippen LogP contribution in [0.2, 0.25) is 0 Å². The van der Waals surface area contributed by atoms with E-state index >= 15 is 0 Å². The summed E-state index contributed by atoms with van der Waals surface area (Å²) < 4.78 is 20.3. The molecule has 4 rings (SSSR count). The highest BCUT2D eigenvalue weighted by Crippen LogP contribution is 2.36. The van der Waals surface area contributed by atoms with Crippen LogP contribution in [-0.2, 0) is 16.8 Å². The van der Waals surface area contributed by atoms with Gasteiger partial charge in [-0.15, -0.1) is 0 Å². The highest BCUT2D eigenvalue weighted by atomic mass is 19.1. The van der Waals surface area contributed by atoms with Crippen molar-refractivity contribution in [3.63, 3.8) is 0 Å². The monoisotopic (exact) mass is 468 g/mol. The van der Waals surface area contributed by atoms with E-state index in [1.807, 2.05) is 19.1 Å². The Morgan fingerprint density at radius 3 is 2.68 bits per heavy atom. The summed E-state index contributed by atoms with van der Waals surface area (Å²) >= 11 is 0. The molecule has 0 bridgehead atoms. The van der Waals surface area contributed by atoms with Gasteiger partial charge in [0.1, 0.15) is 5.69 Å². The van der Waals surface area contributed by atoms with Crippen molar-refractivity contribution in [1.82, 2.24) is 15.0 Å². The van der Waals surface area contributed by atoms with Crippen LogP contribution < -0.4 is 5.32 Å². The summed E-state index contributed by atoms with van der Waals surface area (Å²) in [5, 5.41) is 25.0. The largest absolute Gasteiger partial charge is 0.389 e. The number of fused-ring (bicyclic) bond motifs is 1. The van der Waals surface area contributed by atoms with Gasteiger partial charge in [-0.3, -0.25) is 4.98 Å². The second-order valence-electron chi connectivity index (χ2n) is 10.0. The summed E-state index contributed by atoms with van der Waals surface area (Å²) in [5.74, 6) is 0.0809. The number of anilines is 1. The fourth-order valence-corrected chi connectivity index (χ4v) is 4.62. The lowest BCUT2D eigenvalue weighted by molar-refractivity contribution is -0.0136. The van der Waals surface area contributed by atoms with Crippen molar-refractivity contribution < 1.29 is 19.3 Å². The molecule has 1 aliphatic heterocycles. The fourth-order valence-electron chi connectivity index (χ4n) is 4.62. The Hall–Kier alpha value is -2.68. The molecule has 34 heavy (non-hydrogen) atoms. The highest BCUT2D eigenvalue weighted by molar-refractivity contribution is 5.92. The average Bonchev–Trinajstić information content (AvgIpc) is 2.76. The number of ether oxygens (including phenoxy) is 1. The summed E-state index contributed by atoms with van der Waals surface area (Å²) in [6.07, 6.45) is 3.57. The Morgan fingerprint density at radius 1 is 1.24 bits per heavy atom. The Morgan fingerprint density at radius 2 is 2.00 bits per heavy atom. The number of aliphatic hydroxyl groups is 2. The number of aliphatic hydroxyl groups excluding tert-OH is 1. The number of nitrogens with zero attached hydrogens (tertiary/aromatic N) is 3. The van der Waals surface area contributed by atoms with Gasteiger partial charge < -0.3 is 20.3 Å². The summed E-state index contributed by atoms with van der Waals surface area (Å²) in [6.45, 7) is 10.5. The SMILES string of the molecule is Cc1c(-c2nc(N[C@@H]3CCOC[C@H]3O)ncc2F)ccc2ncc(C(C)(C)O)c(CC(C)C)c12. The van der Waals surface area contributed by atoms with Crippen molar-refractivity contribution in [2.24, 2.45) is 5.92 Å². The van der Waals surface area contributed by atoms with E-state index in [9.17, 15) is 14.6 Å². The van der Waals surface area contributed by atoms with Crippen molar-refractivity contribution in [1.29, 1.82) is 0 Å². The molecule has 1 aliphatic rings. The first kappa shape index (κ1) is 24.4. The molecule has 0 aliphatic carbocycles. The molecule has 1 fully saturated rings. The minimum Gasteiger partial charge on any atom is -0.389 e. The van der Waals surface area contributed by atoms with Crippen molar-refractivity contribution >= 4 is 16.9 Å². The van der Waals surface area contributed by atoms with E-state index in [0.717, 1.165) is 40.2 Å². The van der Waals surface area contributed by atoms with Crippen LogP contribution in [0.15, 0.2) is 24.5 Å². The number of hydrogen-bond donors (Lipinski definition) is 3.